The van der Waals surface area contributed by atoms with E-state index >= 15 is 0 Å². The van der Waals surface area contributed by atoms with Crippen LogP contribution in [0, 0.1) is 19.8 Å². The molecule has 0 bridgehead atoms. The van der Waals surface area contributed by atoms with Gasteiger partial charge >= 0.3 is 0 Å². The van der Waals surface area contributed by atoms with Gasteiger partial charge in [0.2, 0.25) is 11.8 Å². The Kier molecular flexibility index (Phi) is 7.45. The van der Waals surface area contributed by atoms with Gasteiger partial charge in [-0.15, -0.1) is 0 Å². The van der Waals surface area contributed by atoms with Crippen LogP contribution in [0.2, 0.25) is 0 Å². The van der Waals surface area contributed by atoms with Crippen LogP contribution in [0.25, 0.3) is 0 Å². The summed E-state index contributed by atoms with van der Waals surface area (Å²) >= 11 is 0. The van der Waals surface area contributed by atoms with E-state index in [2.05, 4.69) is 10.6 Å². The number of aryl methyl sites for hydroxylation is 2. The highest BCUT2D eigenvalue weighted by atomic mass is 16.5. The van der Waals surface area contributed by atoms with E-state index in [-0.39, 0.29) is 30.7 Å². The van der Waals surface area contributed by atoms with Crippen molar-refractivity contribution in [3.8, 4) is 5.75 Å². The molecule has 2 N–H and O–H groups in total. The Bertz CT molecular complexity index is 1190. The Labute approximate surface area is 205 Å². The summed E-state index contributed by atoms with van der Waals surface area (Å²) in [5.74, 6) is -0.332. The summed E-state index contributed by atoms with van der Waals surface area (Å²) in [6.45, 7) is 4.53. The van der Waals surface area contributed by atoms with Gasteiger partial charge in [0.15, 0.2) is 6.61 Å². The molecule has 0 aromatic heterocycles. The number of nitrogens with one attached hydrogen (secondary N) is 2. The Morgan fingerprint density at radius 2 is 1.63 bits per heavy atom. The van der Waals surface area contributed by atoms with E-state index in [1.54, 1.807) is 29.2 Å². The Balaban J connectivity index is 1.28. The van der Waals surface area contributed by atoms with Gasteiger partial charge in [0.1, 0.15) is 5.75 Å². The number of rotatable bonds is 8. The summed E-state index contributed by atoms with van der Waals surface area (Å²) in [4.78, 5) is 39.1. The number of carbonyl (C=O) groups excluding carboxylic acids is 3. The standard InChI is InChI=1S/C28H29N3O4/c1-19-7-6-8-20(2)27(19)30-25(32)18-35-24-13-11-23(12-14-24)31-17-22(15-26(31)33)28(34)29-16-21-9-4-3-5-10-21/h3-14,22H,15-18H2,1-2H3,(H,29,34)(H,30,32). The predicted octanol–water partition coefficient (Wildman–Crippen LogP) is 3.99. The molecule has 180 valence electrons. The number of amides is 3. The van der Waals surface area contributed by atoms with E-state index < -0.39 is 5.92 Å². The van der Waals surface area contributed by atoms with E-state index in [1.165, 1.54) is 0 Å². The van der Waals surface area contributed by atoms with Gasteiger partial charge in [-0.25, -0.2) is 0 Å². The second kappa shape index (κ2) is 10.9. The fourth-order valence-electron chi connectivity index (χ4n) is 4.12. The summed E-state index contributed by atoms with van der Waals surface area (Å²) in [6.07, 6.45) is 0.178. The number of para-hydroxylation sites is 1. The first-order valence-electron chi connectivity index (χ1n) is 11.6. The molecule has 1 aliphatic rings. The highest BCUT2D eigenvalue weighted by molar-refractivity contribution is 6.00. The highest BCUT2D eigenvalue weighted by Crippen LogP contribution is 2.27. The normalized spacial score (nSPS) is 15.1. The first-order chi connectivity index (χ1) is 16.9. The highest BCUT2D eigenvalue weighted by Gasteiger charge is 2.35. The summed E-state index contributed by atoms with van der Waals surface area (Å²) in [7, 11) is 0. The third-order valence-corrected chi connectivity index (χ3v) is 6.07. The van der Waals surface area contributed by atoms with Gasteiger partial charge in [-0.05, 0) is 54.8 Å². The molecule has 1 fully saturated rings. The molecule has 4 rings (SSSR count). The molecule has 3 aromatic carbocycles. The fourth-order valence-corrected chi connectivity index (χ4v) is 4.12. The van der Waals surface area contributed by atoms with E-state index in [1.807, 2.05) is 62.4 Å². The first kappa shape index (κ1) is 24.0. The van der Waals surface area contributed by atoms with Crippen molar-refractivity contribution in [2.75, 3.05) is 23.4 Å². The summed E-state index contributed by atoms with van der Waals surface area (Å²) in [6, 6.07) is 22.5. The van der Waals surface area contributed by atoms with Crippen molar-refractivity contribution >= 4 is 29.1 Å². The monoisotopic (exact) mass is 471 g/mol. The smallest absolute Gasteiger partial charge is 0.262 e. The van der Waals surface area contributed by atoms with Crippen LogP contribution in [0.5, 0.6) is 5.75 Å². The molecule has 1 heterocycles. The minimum absolute atomic E-state index is 0.0912. The Morgan fingerprint density at radius 3 is 2.31 bits per heavy atom. The quantitative estimate of drug-likeness (QED) is 0.520. The van der Waals surface area contributed by atoms with Gasteiger partial charge in [0, 0.05) is 30.9 Å². The van der Waals surface area contributed by atoms with Gasteiger partial charge < -0.3 is 20.3 Å². The van der Waals surface area contributed by atoms with E-state index in [4.69, 9.17) is 4.74 Å². The molecular weight excluding hydrogens is 442 g/mol. The van der Waals surface area contributed by atoms with Gasteiger partial charge in [-0.2, -0.15) is 0 Å². The fraction of sp³-hybridized carbons (Fsp3) is 0.250. The van der Waals surface area contributed by atoms with Gasteiger partial charge in [-0.1, -0.05) is 48.5 Å². The van der Waals surface area contributed by atoms with Crippen molar-refractivity contribution in [2.45, 2.75) is 26.8 Å². The number of hydrogen-bond donors (Lipinski definition) is 2. The second-order valence-corrected chi connectivity index (χ2v) is 8.71. The molecule has 0 spiro atoms. The second-order valence-electron chi connectivity index (χ2n) is 8.71. The third kappa shape index (κ3) is 6.06. The first-order valence-corrected chi connectivity index (χ1v) is 11.6. The van der Waals surface area contributed by atoms with Gasteiger partial charge in [0.05, 0.1) is 5.92 Å². The van der Waals surface area contributed by atoms with E-state index in [0.717, 1.165) is 22.4 Å². The van der Waals surface area contributed by atoms with Crippen LogP contribution in [0.15, 0.2) is 72.8 Å². The zero-order valence-corrected chi connectivity index (χ0v) is 19.9. The number of anilines is 2. The molecule has 3 amide bonds. The number of hydrogen-bond acceptors (Lipinski definition) is 4. The van der Waals surface area contributed by atoms with Gasteiger partial charge in [0.25, 0.3) is 5.91 Å². The predicted molar refractivity (Wildman–Crippen MR) is 135 cm³/mol. The number of ether oxygens (including phenoxy) is 1. The van der Waals surface area contributed by atoms with Crippen molar-refractivity contribution < 1.29 is 19.1 Å². The molecule has 3 aromatic rings. The zero-order chi connectivity index (χ0) is 24.8. The van der Waals surface area contributed by atoms with Crippen LogP contribution in [0.3, 0.4) is 0 Å². The molecule has 1 atom stereocenters. The minimum Gasteiger partial charge on any atom is -0.484 e. The largest absolute Gasteiger partial charge is 0.484 e. The lowest BCUT2D eigenvalue weighted by atomic mass is 10.1. The SMILES string of the molecule is Cc1cccc(C)c1NC(=O)COc1ccc(N2CC(C(=O)NCc3ccccc3)CC2=O)cc1. The maximum atomic E-state index is 12.6. The molecule has 7 heteroatoms. The maximum Gasteiger partial charge on any atom is 0.262 e. The third-order valence-electron chi connectivity index (χ3n) is 6.07. The Hall–Kier alpha value is -4.13. The molecular formula is C28H29N3O4. The Morgan fingerprint density at radius 1 is 0.943 bits per heavy atom. The molecule has 1 aliphatic heterocycles. The van der Waals surface area contributed by atoms with E-state index in [9.17, 15) is 14.4 Å². The lowest BCUT2D eigenvalue weighted by molar-refractivity contribution is -0.126. The topological polar surface area (TPSA) is 87.7 Å². The summed E-state index contributed by atoms with van der Waals surface area (Å²) < 4.78 is 5.62. The molecule has 0 radical (unpaired) electrons. The lowest BCUT2D eigenvalue weighted by Crippen LogP contribution is -2.32. The molecule has 0 saturated carbocycles. The van der Waals surface area contributed by atoms with Crippen LogP contribution in [0.1, 0.15) is 23.1 Å². The van der Waals surface area contributed by atoms with Crippen LogP contribution >= 0.6 is 0 Å². The molecule has 1 saturated heterocycles. The van der Waals surface area contributed by atoms with Crippen molar-refractivity contribution in [3.05, 3.63) is 89.5 Å². The summed E-state index contributed by atoms with van der Waals surface area (Å²) in [5, 5.41) is 5.81. The maximum absolute atomic E-state index is 12.6. The van der Waals surface area contributed by atoms with Crippen molar-refractivity contribution in [1.82, 2.24) is 5.32 Å². The lowest BCUT2D eigenvalue weighted by Gasteiger charge is -2.17. The van der Waals surface area contributed by atoms with Crippen molar-refractivity contribution in [1.29, 1.82) is 0 Å². The van der Waals surface area contributed by atoms with Gasteiger partial charge in [-0.3, -0.25) is 14.4 Å². The molecule has 1 unspecified atom stereocenters. The van der Waals surface area contributed by atoms with Crippen LogP contribution in [-0.4, -0.2) is 30.9 Å². The van der Waals surface area contributed by atoms with Crippen LogP contribution < -0.4 is 20.3 Å². The van der Waals surface area contributed by atoms with Crippen LogP contribution in [-0.2, 0) is 20.9 Å². The number of nitrogens with zero attached hydrogens (tertiary/aromatic N) is 1. The molecule has 35 heavy (non-hydrogen) atoms. The van der Waals surface area contributed by atoms with E-state index in [0.29, 0.717) is 24.5 Å². The number of benzene rings is 3. The summed E-state index contributed by atoms with van der Waals surface area (Å²) in [5.41, 5.74) is 4.49. The molecule has 0 aliphatic carbocycles. The number of carbonyl (C=O) groups is 3. The van der Waals surface area contributed by atoms with Crippen LogP contribution in [0.4, 0.5) is 11.4 Å². The van der Waals surface area contributed by atoms with Crippen molar-refractivity contribution in [2.24, 2.45) is 5.92 Å². The molecule has 7 nitrogen and oxygen atoms in total. The minimum atomic E-state index is -0.393. The average Bonchev–Trinajstić information content (AvgIpc) is 3.26. The average molecular weight is 472 g/mol. The zero-order valence-electron chi connectivity index (χ0n) is 19.9. The van der Waals surface area contributed by atoms with Crippen molar-refractivity contribution in [3.63, 3.8) is 0 Å².